The third-order valence-electron chi connectivity index (χ3n) is 3.50. The minimum Gasteiger partial charge on any atom is -0.467 e. The number of carbonyl (C=O) groups excluding carboxylic acids is 1. The van der Waals surface area contributed by atoms with Crippen molar-refractivity contribution in [1.82, 2.24) is 5.32 Å². The third kappa shape index (κ3) is 2.88. The highest BCUT2D eigenvalue weighted by atomic mass is 16.3. The normalized spacial score (nSPS) is 14.5. The van der Waals surface area contributed by atoms with Crippen LogP contribution in [-0.2, 0) is 4.79 Å². The van der Waals surface area contributed by atoms with E-state index in [-0.39, 0.29) is 11.9 Å². The molecule has 0 saturated heterocycles. The first-order valence-corrected chi connectivity index (χ1v) is 5.79. The Kier molecular flexibility index (Phi) is 3.67. The molecule has 0 bridgehead atoms. The highest BCUT2D eigenvalue weighted by Crippen LogP contribution is 2.29. The molecule has 1 atom stereocenters. The van der Waals surface area contributed by atoms with Crippen molar-refractivity contribution in [2.24, 2.45) is 11.1 Å². The van der Waals surface area contributed by atoms with Gasteiger partial charge in [-0.15, -0.1) is 0 Å². The van der Waals surface area contributed by atoms with Crippen molar-refractivity contribution >= 4 is 5.91 Å². The molecule has 0 radical (unpaired) electrons. The van der Waals surface area contributed by atoms with Crippen LogP contribution in [0.15, 0.2) is 22.8 Å². The van der Waals surface area contributed by atoms with Gasteiger partial charge in [-0.25, -0.2) is 0 Å². The Labute approximate surface area is 103 Å². The van der Waals surface area contributed by atoms with Gasteiger partial charge in [-0.3, -0.25) is 4.79 Å². The van der Waals surface area contributed by atoms with E-state index in [0.29, 0.717) is 0 Å². The quantitative estimate of drug-likeness (QED) is 0.845. The summed E-state index contributed by atoms with van der Waals surface area (Å²) in [6.07, 6.45) is 1.59. The Morgan fingerprint density at radius 2 is 2.00 bits per heavy atom. The lowest BCUT2D eigenvalue weighted by Gasteiger charge is -2.37. The average Bonchev–Trinajstić information content (AvgIpc) is 2.68. The molecule has 1 rings (SSSR count). The third-order valence-corrected chi connectivity index (χ3v) is 3.50. The van der Waals surface area contributed by atoms with E-state index in [0.717, 1.165) is 5.76 Å². The van der Waals surface area contributed by atoms with Crippen LogP contribution in [0.3, 0.4) is 0 Å². The second-order valence-electron chi connectivity index (χ2n) is 5.56. The zero-order valence-corrected chi connectivity index (χ0v) is 11.2. The van der Waals surface area contributed by atoms with Crippen LogP contribution in [-0.4, -0.2) is 11.4 Å². The second kappa shape index (κ2) is 4.53. The lowest BCUT2D eigenvalue weighted by atomic mass is 9.74. The van der Waals surface area contributed by atoms with Crippen molar-refractivity contribution in [3.8, 4) is 0 Å². The van der Waals surface area contributed by atoms with Crippen LogP contribution in [0.25, 0.3) is 0 Å². The maximum atomic E-state index is 12.2. The molecule has 0 unspecified atom stereocenters. The molecule has 0 aliphatic heterocycles. The first-order valence-electron chi connectivity index (χ1n) is 5.79. The predicted molar refractivity (Wildman–Crippen MR) is 67.3 cm³/mol. The largest absolute Gasteiger partial charge is 0.467 e. The molecular formula is C13H22N2O2. The Morgan fingerprint density at radius 1 is 1.41 bits per heavy atom. The van der Waals surface area contributed by atoms with Crippen molar-refractivity contribution in [3.05, 3.63) is 24.2 Å². The average molecular weight is 238 g/mol. The fourth-order valence-electron chi connectivity index (χ4n) is 1.28. The summed E-state index contributed by atoms with van der Waals surface area (Å²) in [5.41, 5.74) is 4.80. The van der Waals surface area contributed by atoms with Crippen LogP contribution in [0.4, 0.5) is 0 Å². The maximum Gasteiger partial charge on any atom is 0.228 e. The topological polar surface area (TPSA) is 68.3 Å². The molecule has 1 aromatic rings. The van der Waals surface area contributed by atoms with Crippen molar-refractivity contribution in [2.75, 3.05) is 0 Å². The highest BCUT2D eigenvalue weighted by Gasteiger charge is 2.40. The Hall–Kier alpha value is -1.29. The van der Waals surface area contributed by atoms with E-state index in [9.17, 15) is 4.79 Å². The number of carbonyl (C=O) groups is 1. The monoisotopic (exact) mass is 238 g/mol. The summed E-state index contributed by atoms with van der Waals surface area (Å²) in [5, 5.41) is 2.92. The summed E-state index contributed by atoms with van der Waals surface area (Å²) in [6.45, 7) is 9.28. The van der Waals surface area contributed by atoms with Crippen molar-refractivity contribution in [1.29, 1.82) is 0 Å². The number of rotatable bonds is 4. The van der Waals surface area contributed by atoms with Gasteiger partial charge in [0.1, 0.15) is 5.76 Å². The molecule has 0 aliphatic carbocycles. The van der Waals surface area contributed by atoms with Crippen molar-refractivity contribution in [2.45, 2.75) is 46.2 Å². The van der Waals surface area contributed by atoms with E-state index < -0.39 is 11.0 Å². The van der Waals surface area contributed by atoms with Gasteiger partial charge in [-0.2, -0.15) is 0 Å². The lowest BCUT2D eigenvalue weighted by Crippen LogP contribution is -2.55. The van der Waals surface area contributed by atoms with E-state index in [1.54, 1.807) is 12.3 Å². The summed E-state index contributed by atoms with van der Waals surface area (Å²) >= 11 is 0. The molecule has 1 heterocycles. The van der Waals surface area contributed by atoms with Gasteiger partial charge in [0.05, 0.1) is 17.7 Å². The fourth-order valence-corrected chi connectivity index (χ4v) is 1.28. The van der Waals surface area contributed by atoms with Crippen molar-refractivity contribution in [3.63, 3.8) is 0 Å². The fraction of sp³-hybridized carbons (Fsp3) is 0.615. The standard InChI is InChI=1S/C13H22N2O2/c1-9(10-7-6-8-17-10)15-11(16)12(2,3)13(4,5)14/h6-9H,14H2,1-5H3,(H,15,16)/t9-/m1/s1. The summed E-state index contributed by atoms with van der Waals surface area (Å²) in [7, 11) is 0. The molecule has 1 amide bonds. The van der Waals surface area contributed by atoms with Gasteiger partial charge in [0.25, 0.3) is 0 Å². The van der Waals surface area contributed by atoms with Gasteiger partial charge in [-0.1, -0.05) is 0 Å². The number of hydrogen-bond acceptors (Lipinski definition) is 3. The van der Waals surface area contributed by atoms with Crippen molar-refractivity contribution < 1.29 is 9.21 Å². The lowest BCUT2D eigenvalue weighted by molar-refractivity contribution is -0.133. The minimum absolute atomic E-state index is 0.0751. The Balaban J connectivity index is 2.73. The second-order valence-corrected chi connectivity index (χ2v) is 5.56. The van der Waals surface area contributed by atoms with E-state index in [4.69, 9.17) is 10.2 Å². The van der Waals surface area contributed by atoms with Crippen LogP contribution in [0.2, 0.25) is 0 Å². The Morgan fingerprint density at radius 3 is 2.41 bits per heavy atom. The summed E-state index contributed by atoms with van der Waals surface area (Å²) < 4.78 is 5.25. The number of nitrogens with one attached hydrogen (secondary N) is 1. The maximum absolute atomic E-state index is 12.2. The highest BCUT2D eigenvalue weighted by molar-refractivity contribution is 5.83. The molecule has 3 N–H and O–H groups in total. The minimum atomic E-state index is -0.645. The Bertz CT molecular complexity index is 375. The van der Waals surface area contributed by atoms with E-state index >= 15 is 0 Å². The molecule has 17 heavy (non-hydrogen) atoms. The number of amides is 1. The summed E-state index contributed by atoms with van der Waals surface area (Å²) in [4.78, 5) is 12.2. The van der Waals surface area contributed by atoms with Gasteiger partial charge in [0, 0.05) is 5.54 Å². The predicted octanol–water partition coefficient (Wildman–Crippen LogP) is 2.22. The SMILES string of the molecule is C[C@@H](NC(=O)C(C)(C)C(C)(C)N)c1ccco1. The van der Waals surface area contributed by atoms with Crippen LogP contribution in [0.1, 0.15) is 46.4 Å². The van der Waals surface area contributed by atoms with Gasteiger partial charge in [0.2, 0.25) is 5.91 Å². The van der Waals surface area contributed by atoms with Gasteiger partial charge >= 0.3 is 0 Å². The number of furan rings is 1. The van der Waals surface area contributed by atoms with Crippen LogP contribution in [0, 0.1) is 5.41 Å². The smallest absolute Gasteiger partial charge is 0.228 e. The van der Waals surface area contributed by atoms with Gasteiger partial charge < -0.3 is 15.5 Å². The van der Waals surface area contributed by atoms with E-state index in [1.807, 2.05) is 40.7 Å². The van der Waals surface area contributed by atoms with Gasteiger partial charge in [0.15, 0.2) is 0 Å². The molecule has 4 heteroatoms. The molecule has 0 aliphatic rings. The first-order chi connectivity index (χ1) is 7.66. The van der Waals surface area contributed by atoms with Crippen LogP contribution >= 0.6 is 0 Å². The van der Waals surface area contributed by atoms with E-state index in [1.165, 1.54) is 0 Å². The molecule has 1 aromatic heterocycles. The molecule has 96 valence electrons. The first kappa shape index (κ1) is 13.8. The molecule has 0 spiro atoms. The summed E-state index contributed by atoms with van der Waals surface area (Å²) in [5.74, 6) is 0.665. The van der Waals surface area contributed by atoms with E-state index in [2.05, 4.69) is 5.32 Å². The molecule has 4 nitrogen and oxygen atoms in total. The number of hydrogen-bond donors (Lipinski definition) is 2. The van der Waals surface area contributed by atoms with Crippen LogP contribution < -0.4 is 11.1 Å². The molecule has 0 saturated carbocycles. The number of nitrogens with two attached hydrogens (primary N) is 1. The molecule has 0 aromatic carbocycles. The van der Waals surface area contributed by atoms with Crippen LogP contribution in [0.5, 0.6) is 0 Å². The van der Waals surface area contributed by atoms with Gasteiger partial charge in [-0.05, 0) is 46.8 Å². The molecule has 0 fully saturated rings. The zero-order valence-electron chi connectivity index (χ0n) is 11.2. The summed E-state index contributed by atoms with van der Waals surface area (Å²) in [6, 6.07) is 3.49. The zero-order chi connectivity index (χ0) is 13.3. The molecular weight excluding hydrogens is 216 g/mol.